The lowest BCUT2D eigenvalue weighted by Crippen LogP contribution is -2.26. The highest BCUT2D eigenvalue weighted by Gasteiger charge is 2.35. The Morgan fingerprint density at radius 3 is 2.61 bits per heavy atom. The van der Waals surface area contributed by atoms with Crippen LogP contribution in [0.4, 0.5) is 5.69 Å². The smallest absolute Gasteiger partial charge is 0.269 e. The molecule has 36 heavy (non-hydrogen) atoms. The lowest BCUT2D eigenvalue weighted by atomic mass is 9.91. The standard InChI is InChI=1S/C27H21BrN4O4/c1-2-24(33)31-23(17-9-6-10-19(13-17)32(35)36)15-22(30-31)26-25(16-7-4-3-5-8-16)20-14-18(28)11-12-21(20)29-27(26)34/h3-14,23H,2,15H2,1H3,(H,29,34)/t23-/m1/s1. The highest BCUT2D eigenvalue weighted by molar-refractivity contribution is 9.10. The number of pyridine rings is 1. The monoisotopic (exact) mass is 544 g/mol. The van der Waals surface area contributed by atoms with Gasteiger partial charge in [0.15, 0.2) is 0 Å². The number of benzene rings is 3. The van der Waals surface area contributed by atoms with Crippen LogP contribution in [0.2, 0.25) is 0 Å². The van der Waals surface area contributed by atoms with Crippen LogP contribution < -0.4 is 5.56 Å². The van der Waals surface area contributed by atoms with Gasteiger partial charge in [-0.2, -0.15) is 5.10 Å². The lowest BCUT2D eigenvalue weighted by molar-refractivity contribution is -0.384. The molecular formula is C27H21BrN4O4. The molecule has 1 aromatic heterocycles. The first-order chi connectivity index (χ1) is 17.4. The fourth-order valence-corrected chi connectivity index (χ4v) is 4.96. The number of H-pyrrole nitrogens is 1. The molecule has 5 rings (SSSR count). The van der Waals surface area contributed by atoms with Crippen LogP contribution in [0.1, 0.15) is 36.9 Å². The number of rotatable bonds is 5. The van der Waals surface area contributed by atoms with Crippen LogP contribution in [-0.2, 0) is 4.79 Å². The molecule has 4 aromatic rings. The van der Waals surface area contributed by atoms with Crippen molar-refractivity contribution in [2.24, 2.45) is 5.10 Å². The highest BCUT2D eigenvalue weighted by atomic mass is 79.9. The zero-order valence-corrected chi connectivity index (χ0v) is 20.9. The Morgan fingerprint density at radius 1 is 1.11 bits per heavy atom. The van der Waals surface area contributed by atoms with E-state index in [0.29, 0.717) is 22.4 Å². The molecule has 3 aromatic carbocycles. The summed E-state index contributed by atoms with van der Waals surface area (Å²) in [5.74, 6) is -0.234. The zero-order valence-electron chi connectivity index (χ0n) is 19.3. The number of hydrogen-bond donors (Lipinski definition) is 1. The number of aromatic amines is 1. The number of nitro groups is 1. The maximum atomic E-state index is 13.5. The van der Waals surface area contributed by atoms with E-state index < -0.39 is 11.0 Å². The molecule has 9 heteroatoms. The third kappa shape index (κ3) is 4.22. The number of carbonyl (C=O) groups is 1. The molecule has 1 amide bonds. The molecule has 180 valence electrons. The van der Waals surface area contributed by atoms with Crippen LogP contribution in [0, 0.1) is 10.1 Å². The van der Waals surface area contributed by atoms with E-state index >= 15 is 0 Å². The number of non-ortho nitro benzene ring substituents is 1. The van der Waals surface area contributed by atoms with E-state index in [-0.39, 0.29) is 30.0 Å². The zero-order chi connectivity index (χ0) is 25.4. The van der Waals surface area contributed by atoms with Crippen molar-refractivity contribution < 1.29 is 9.72 Å². The summed E-state index contributed by atoms with van der Waals surface area (Å²) in [6.07, 6.45) is 0.449. The number of nitro benzene ring substituents is 1. The van der Waals surface area contributed by atoms with Crippen LogP contribution in [0.25, 0.3) is 22.0 Å². The van der Waals surface area contributed by atoms with Crippen LogP contribution in [0.3, 0.4) is 0 Å². The van der Waals surface area contributed by atoms with Crippen LogP contribution in [0.5, 0.6) is 0 Å². The Balaban J connectivity index is 1.73. The lowest BCUT2D eigenvalue weighted by Gasteiger charge is -2.21. The topological polar surface area (TPSA) is 109 Å². The molecule has 1 aliphatic heterocycles. The molecule has 1 aliphatic rings. The van der Waals surface area contributed by atoms with Crippen LogP contribution >= 0.6 is 15.9 Å². The molecule has 1 atom stereocenters. The van der Waals surface area contributed by atoms with E-state index in [1.165, 1.54) is 17.1 Å². The minimum atomic E-state index is -0.562. The molecule has 0 unspecified atom stereocenters. The molecule has 0 spiro atoms. The summed E-state index contributed by atoms with van der Waals surface area (Å²) >= 11 is 3.53. The number of halogens is 1. The molecule has 0 saturated heterocycles. The van der Waals surface area contributed by atoms with Gasteiger partial charge in [-0.1, -0.05) is 65.3 Å². The number of hydrazone groups is 1. The van der Waals surface area contributed by atoms with Gasteiger partial charge < -0.3 is 4.98 Å². The van der Waals surface area contributed by atoms with Gasteiger partial charge in [-0.05, 0) is 29.3 Å². The van der Waals surface area contributed by atoms with Gasteiger partial charge in [-0.25, -0.2) is 5.01 Å². The Bertz CT molecular complexity index is 1600. The van der Waals surface area contributed by atoms with E-state index in [0.717, 1.165) is 21.0 Å². The second-order valence-corrected chi connectivity index (χ2v) is 9.39. The van der Waals surface area contributed by atoms with E-state index in [9.17, 15) is 19.7 Å². The van der Waals surface area contributed by atoms with Crippen molar-refractivity contribution >= 4 is 44.1 Å². The Morgan fingerprint density at radius 2 is 1.89 bits per heavy atom. The molecule has 0 saturated carbocycles. The summed E-state index contributed by atoms with van der Waals surface area (Å²) in [5.41, 5.74) is 3.29. The Hall–Kier alpha value is -4.11. The number of nitrogens with one attached hydrogen (secondary N) is 1. The molecule has 2 heterocycles. The van der Waals surface area contributed by atoms with E-state index in [4.69, 9.17) is 0 Å². The van der Waals surface area contributed by atoms with Crippen LogP contribution in [0.15, 0.2) is 87.2 Å². The van der Waals surface area contributed by atoms with Crippen molar-refractivity contribution in [3.63, 3.8) is 0 Å². The molecule has 1 N–H and O–H groups in total. The van der Waals surface area contributed by atoms with Gasteiger partial charge >= 0.3 is 0 Å². The Labute approximate surface area is 214 Å². The Kier molecular flexibility index (Phi) is 6.24. The van der Waals surface area contributed by atoms with Crippen LogP contribution in [-0.4, -0.2) is 26.5 Å². The fraction of sp³-hybridized carbons (Fsp3) is 0.148. The average molecular weight is 545 g/mol. The van der Waals surface area contributed by atoms with Gasteiger partial charge in [0.2, 0.25) is 5.91 Å². The first-order valence-electron chi connectivity index (χ1n) is 11.4. The molecule has 8 nitrogen and oxygen atoms in total. The van der Waals surface area contributed by atoms with Crippen molar-refractivity contribution in [3.05, 3.63) is 109 Å². The van der Waals surface area contributed by atoms with Crippen molar-refractivity contribution in [2.45, 2.75) is 25.8 Å². The normalized spacial score (nSPS) is 15.2. The number of carbonyl (C=O) groups excluding carboxylic acids is 1. The van der Waals surface area contributed by atoms with Gasteiger partial charge in [0, 0.05) is 45.9 Å². The van der Waals surface area contributed by atoms with E-state index in [1.54, 1.807) is 19.1 Å². The van der Waals surface area contributed by atoms with Gasteiger partial charge in [0.25, 0.3) is 11.2 Å². The quantitative estimate of drug-likeness (QED) is 0.247. The minimum absolute atomic E-state index is 0.0665. The molecule has 0 bridgehead atoms. The minimum Gasteiger partial charge on any atom is -0.321 e. The molecular weight excluding hydrogens is 524 g/mol. The number of aromatic nitrogens is 1. The summed E-state index contributed by atoms with van der Waals surface area (Å²) in [4.78, 5) is 40.2. The first-order valence-corrected chi connectivity index (χ1v) is 12.2. The second kappa shape index (κ2) is 9.50. The second-order valence-electron chi connectivity index (χ2n) is 8.47. The third-order valence-electron chi connectivity index (χ3n) is 6.26. The van der Waals surface area contributed by atoms with Gasteiger partial charge in [0.1, 0.15) is 0 Å². The van der Waals surface area contributed by atoms with E-state index in [1.807, 2.05) is 48.5 Å². The summed E-state index contributed by atoms with van der Waals surface area (Å²) in [6, 6.07) is 20.9. The third-order valence-corrected chi connectivity index (χ3v) is 6.75. The summed E-state index contributed by atoms with van der Waals surface area (Å²) in [5, 5.41) is 18.2. The largest absolute Gasteiger partial charge is 0.321 e. The maximum absolute atomic E-state index is 13.5. The van der Waals surface area contributed by atoms with Gasteiger partial charge in [-0.15, -0.1) is 0 Å². The van der Waals surface area contributed by atoms with Crippen molar-refractivity contribution in [1.82, 2.24) is 9.99 Å². The SMILES string of the molecule is CCC(=O)N1N=C(c2c(-c3ccccc3)c3cc(Br)ccc3[nH]c2=O)C[C@@H]1c1cccc([N+](=O)[O-])c1. The molecule has 0 fully saturated rings. The number of hydrogen-bond acceptors (Lipinski definition) is 5. The first kappa shape index (κ1) is 23.6. The maximum Gasteiger partial charge on any atom is 0.269 e. The molecule has 0 radical (unpaired) electrons. The van der Waals surface area contributed by atoms with Gasteiger partial charge in [-0.3, -0.25) is 19.7 Å². The van der Waals surface area contributed by atoms with Crippen molar-refractivity contribution in [3.8, 4) is 11.1 Å². The summed E-state index contributed by atoms with van der Waals surface area (Å²) in [6.45, 7) is 1.73. The summed E-state index contributed by atoms with van der Waals surface area (Å²) in [7, 11) is 0. The van der Waals surface area contributed by atoms with Gasteiger partial charge in [0.05, 0.1) is 22.2 Å². The summed E-state index contributed by atoms with van der Waals surface area (Å²) < 4.78 is 0.857. The average Bonchev–Trinajstić information content (AvgIpc) is 3.33. The van der Waals surface area contributed by atoms with Crippen molar-refractivity contribution in [2.75, 3.05) is 0 Å². The number of nitrogens with zero attached hydrogens (tertiary/aromatic N) is 3. The van der Waals surface area contributed by atoms with Crippen molar-refractivity contribution in [1.29, 1.82) is 0 Å². The predicted octanol–water partition coefficient (Wildman–Crippen LogP) is 5.95. The molecule has 0 aliphatic carbocycles. The number of fused-ring (bicyclic) bond motifs is 1. The van der Waals surface area contributed by atoms with E-state index in [2.05, 4.69) is 26.0 Å². The predicted molar refractivity (Wildman–Crippen MR) is 142 cm³/mol. The highest BCUT2D eigenvalue weighted by Crippen LogP contribution is 2.38. The fourth-order valence-electron chi connectivity index (χ4n) is 4.60. The number of amides is 1.